The molecule has 0 aliphatic heterocycles. The van der Waals surface area contributed by atoms with Crippen LogP contribution in [0.3, 0.4) is 0 Å². The summed E-state index contributed by atoms with van der Waals surface area (Å²) in [6.07, 6.45) is 0.852. The van der Waals surface area contributed by atoms with Crippen molar-refractivity contribution in [3.05, 3.63) is 6.07 Å². The molecule has 1 N–H and O–H groups in total. The Hall–Kier alpha value is -1.23. The molecule has 0 saturated heterocycles. The summed E-state index contributed by atoms with van der Waals surface area (Å²) in [4.78, 5) is 8.21. The molecular weight excluding hydrogens is 218 g/mol. The molecule has 0 spiro atoms. The predicted octanol–water partition coefficient (Wildman–Crippen LogP) is 1.53. The van der Waals surface area contributed by atoms with Crippen LogP contribution < -0.4 is 14.8 Å². The molecule has 1 heterocycles. The largest absolute Gasteiger partial charge is 0.481 e. The van der Waals surface area contributed by atoms with Gasteiger partial charge >= 0.3 is 0 Å². The number of hydrogen-bond donors (Lipinski definition) is 1. The van der Waals surface area contributed by atoms with Crippen molar-refractivity contribution in [2.24, 2.45) is 0 Å². The van der Waals surface area contributed by atoms with Crippen molar-refractivity contribution in [2.45, 2.75) is 6.42 Å². The minimum atomic E-state index is 0.468. The number of methoxy groups -OCH3 is 2. The second kappa shape index (κ2) is 6.29. The van der Waals surface area contributed by atoms with Crippen LogP contribution in [0.15, 0.2) is 6.07 Å². The Bertz CT molecular complexity index is 287. The summed E-state index contributed by atoms with van der Waals surface area (Å²) >= 11 is 5.55. The zero-order valence-electron chi connectivity index (χ0n) is 8.79. The highest BCUT2D eigenvalue weighted by Gasteiger charge is 2.03. The number of anilines is 1. The fourth-order valence-electron chi connectivity index (χ4n) is 0.959. The normalized spacial score (nSPS) is 9.80. The molecule has 0 atom stereocenters. The average Bonchev–Trinajstić information content (AvgIpc) is 2.29. The molecule has 1 aromatic heterocycles. The van der Waals surface area contributed by atoms with E-state index in [0.29, 0.717) is 23.6 Å². The van der Waals surface area contributed by atoms with E-state index in [2.05, 4.69) is 15.3 Å². The summed E-state index contributed by atoms with van der Waals surface area (Å²) < 4.78 is 10.0. The van der Waals surface area contributed by atoms with E-state index < -0.39 is 0 Å². The molecular formula is C9H14ClN3O2. The average molecular weight is 232 g/mol. The smallest absolute Gasteiger partial charge is 0.229 e. The summed E-state index contributed by atoms with van der Waals surface area (Å²) in [5, 5.41) is 3.03. The monoisotopic (exact) mass is 231 g/mol. The molecule has 0 unspecified atom stereocenters. The van der Waals surface area contributed by atoms with Crippen LogP contribution in [0.25, 0.3) is 0 Å². The SMILES string of the molecule is COc1cc(OC)nc(NCCCCl)n1. The lowest BCUT2D eigenvalue weighted by Crippen LogP contribution is -2.07. The molecule has 0 saturated carbocycles. The first-order chi connectivity index (χ1) is 7.30. The molecule has 5 nitrogen and oxygen atoms in total. The van der Waals surface area contributed by atoms with Gasteiger partial charge in [-0.2, -0.15) is 9.97 Å². The number of hydrogen-bond acceptors (Lipinski definition) is 5. The zero-order valence-corrected chi connectivity index (χ0v) is 9.54. The van der Waals surface area contributed by atoms with Gasteiger partial charge in [-0.15, -0.1) is 11.6 Å². The third-order valence-electron chi connectivity index (χ3n) is 1.69. The maximum Gasteiger partial charge on any atom is 0.229 e. The van der Waals surface area contributed by atoms with Crippen LogP contribution >= 0.6 is 11.6 Å². The van der Waals surface area contributed by atoms with Gasteiger partial charge in [-0.05, 0) is 6.42 Å². The Morgan fingerprint density at radius 2 is 1.87 bits per heavy atom. The third-order valence-corrected chi connectivity index (χ3v) is 1.96. The van der Waals surface area contributed by atoms with E-state index in [9.17, 15) is 0 Å². The first-order valence-electron chi connectivity index (χ1n) is 4.57. The molecule has 0 aliphatic carbocycles. The Morgan fingerprint density at radius 1 is 1.27 bits per heavy atom. The van der Waals surface area contributed by atoms with Gasteiger partial charge in [0, 0.05) is 12.4 Å². The molecule has 0 fully saturated rings. The number of aromatic nitrogens is 2. The number of halogens is 1. The van der Waals surface area contributed by atoms with E-state index in [-0.39, 0.29) is 0 Å². The van der Waals surface area contributed by atoms with Crippen molar-refractivity contribution in [3.63, 3.8) is 0 Å². The van der Waals surface area contributed by atoms with Crippen molar-refractivity contribution < 1.29 is 9.47 Å². The second-order valence-corrected chi connectivity index (χ2v) is 3.12. The highest BCUT2D eigenvalue weighted by atomic mass is 35.5. The second-order valence-electron chi connectivity index (χ2n) is 2.75. The van der Waals surface area contributed by atoms with E-state index in [1.165, 1.54) is 0 Å². The molecule has 0 amide bonds. The fraction of sp³-hybridized carbons (Fsp3) is 0.556. The van der Waals surface area contributed by atoms with Gasteiger partial charge in [-0.3, -0.25) is 0 Å². The standard InChI is InChI=1S/C9H14ClN3O2/c1-14-7-6-8(15-2)13-9(12-7)11-5-3-4-10/h6H,3-5H2,1-2H3,(H,11,12,13). The first-order valence-corrected chi connectivity index (χ1v) is 5.10. The fourth-order valence-corrected chi connectivity index (χ4v) is 1.09. The third kappa shape index (κ3) is 3.79. The van der Waals surface area contributed by atoms with Crippen LogP contribution in [-0.4, -0.2) is 36.6 Å². The Balaban J connectivity index is 2.68. The molecule has 1 aromatic rings. The quantitative estimate of drug-likeness (QED) is 0.595. The number of nitrogens with zero attached hydrogens (tertiary/aromatic N) is 2. The van der Waals surface area contributed by atoms with Crippen LogP contribution in [0.2, 0.25) is 0 Å². The maximum absolute atomic E-state index is 5.55. The molecule has 1 rings (SSSR count). The van der Waals surface area contributed by atoms with Gasteiger partial charge in [0.25, 0.3) is 0 Å². The van der Waals surface area contributed by atoms with Crippen LogP contribution in [-0.2, 0) is 0 Å². The van der Waals surface area contributed by atoms with Gasteiger partial charge in [0.15, 0.2) is 0 Å². The maximum atomic E-state index is 5.55. The molecule has 15 heavy (non-hydrogen) atoms. The Morgan fingerprint density at radius 3 is 2.33 bits per heavy atom. The van der Waals surface area contributed by atoms with E-state index in [1.54, 1.807) is 20.3 Å². The number of alkyl halides is 1. The van der Waals surface area contributed by atoms with Gasteiger partial charge < -0.3 is 14.8 Å². The molecule has 0 bridgehead atoms. The molecule has 0 aliphatic rings. The number of ether oxygens (including phenoxy) is 2. The minimum absolute atomic E-state index is 0.468. The lowest BCUT2D eigenvalue weighted by molar-refractivity contribution is 0.373. The number of rotatable bonds is 6. The van der Waals surface area contributed by atoms with Crippen LogP contribution in [0, 0.1) is 0 Å². The van der Waals surface area contributed by atoms with E-state index in [0.717, 1.165) is 13.0 Å². The van der Waals surface area contributed by atoms with Crippen molar-refractivity contribution in [3.8, 4) is 11.8 Å². The van der Waals surface area contributed by atoms with Gasteiger partial charge in [0.2, 0.25) is 17.7 Å². The lowest BCUT2D eigenvalue weighted by atomic mass is 10.5. The van der Waals surface area contributed by atoms with Crippen molar-refractivity contribution in [1.82, 2.24) is 9.97 Å². The van der Waals surface area contributed by atoms with E-state index in [1.807, 2.05) is 0 Å². The molecule has 6 heteroatoms. The summed E-state index contributed by atoms with van der Waals surface area (Å²) in [6, 6.07) is 1.62. The van der Waals surface area contributed by atoms with Gasteiger partial charge in [0.1, 0.15) is 0 Å². The lowest BCUT2D eigenvalue weighted by Gasteiger charge is -2.07. The van der Waals surface area contributed by atoms with Gasteiger partial charge in [0.05, 0.1) is 20.3 Å². The van der Waals surface area contributed by atoms with E-state index in [4.69, 9.17) is 21.1 Å². The molecule has 0 aromatic carbocycles. The molecule has 0 radical (unpaired) electrons. The topological polar surface area (TPSA) is 56.3 Å². The summed E-state index contributed by atoms with van der Waals surface area (Å²) in [5.74, 6) is 2.02. The van der Waals surface area contributed by atoms with Gasteiger partial charge in [-0.25, -0.2) is 0 Å². The Kier molecular flexibility index (Phi) is 4.97. The first kappa shape index (κ1) is 11.8. The zero-order chi connectivity index (χ0) is 11.1. The van der Waals surface area contributed by atoms with Crippen molar-refractivity contribution in [2.75, 3.05) is 32.0 Å². The van der Waals surface area contributed by atoms with E-state index >= 15 is 0 Å². The highest BCUT2D eigenvalue weighted by molar-refractivity contribution is 6.17. The molecule has 84 valence electrons. The van der Waals surface area contributed by atoms with Crippen molar-refractivity contribution in [1.29, 1.82) is 0 Å². The predicted molar refractivity (Wildman–Crippen MR) is 59.0 cm³/mol. The van der Waals surface area contributed by atoms with Crippen LogP contribution in [0.1, 0.15) is 6.42 Å². The summed E-state index contributed by atoms with van der Waals surface area (Å²) in [6.45, 7) is 0.722. The minimum Gasteiger partial charge on any atom is -0.481 e. The Labute approximate surface area is 93.8 Å². The van der Waals surface area contributed by atoms with Gasteiger partial charge in [-0.1, -0.05) is 0 Å². The van der Waals surface area contributed by atoms with Crippen molar-refractivity contribution >= 4 is 17.5 Å². The summed E-state index contributed by atoms with van der Waals surface area (Å²) in [7, 11) is 3.09. The van der Waals surface area contributed by atoms with Crippen LogP contribution in [0.4, 0.5) is 5.95 Å². The highest BCUT2D eigenvalue weighted by Crippen LogP contribution is 2.16. The van der Waals surface area contributed by atoms with Crippen LogP contribution in [0.5, 0.6) is 11.8 Å². The summed E-state index contributed by atoms with van der Waals surface area (Å²) in [5.41, 5.74) is 0. The number of nitrogens with one attached hydrogen (secondary N) is 1.